The van der Waals surface area contributed by atoms with E-state index in [9.17, 15) is 9.59 Å². The summed E-state index contributed by atoms with van der Waals surface area (Å²) in [6.07, 6.45) is 0. The van der Waals surface area contributed by atoms with E-state index in [0.717, 1.165) is 24.3 Å². The predicted octanol–water partition coefficient (Wildman–Crippen LogP) is 3.54. The third-order valence-electron chi connectivity index (χ3n) is 4.63. The number of benzene rings is 2. The molecule has 0 aliphatic heterocycles. The zero-order valence-electron chi connectivity index (χ0n) is 16.7. The van der Waals surface area contributed by atoms with Crippen molar-refractivity contribution in [1.29, 1.82) is 0 Å². The Morgan fingerprint density at radius 2 is 1.72 bits per heavy atom. The molecule has 29 heavy (non-hydrogen) atoms. The molecule has 7 nitrogen and oxygen atoms in total. The molecular weight excluding hydrogens is 368 g/mol. The summed E-state index contributed by atoms with van der Waals surface area (Å²) < 4.78 is 5.14. The number of anilines is 2. The first-order chi connectivity index (χ1) is 14.0. The van der Waals surface area contributed by atoms with Crippen LogP contribution in [-0.4, -0.2) is 36.1 Å². The van der Waals surface area contributed by atoms with Gasteiger partial charge < -0.3 is 19.9 Å². The van der Waals surface area contributed by atoms with Crippen LogP contribution in [0.15, 0.2) is 59.4 Å². The lowest BCUT2D eigenvalue weighted by Crippen LogP contribution is -2.22. The Labute approximate surface area is 169 Å². The number of hydrogen-bond acceptors (Lipinski definition) is 5. The molecule has 0 saturated heterocycles. The van der Waals surface area contributed by atoms with Gasteiger partial charge in [-0.1, -0.05) is 0 Å². The molecule has 0 spiro atoms. The average molecular weight is 392 g/mol. The first-order valence-corrected chi connectivity index (χ1v) is 9.46. The molecule has 0 saturated carbocycles. The third-order valence-corrected chi connectivity index (χ3v) is 4.63. The van der Waals surface area contributed by atoms with Crippen molar-refractivity contribution >= 4 is 17.3 Å². The number of ether oxygens (including phenoxy) is 1. The molecule has 150 valence electrons. The first kappa shape index (κ1) is 20.1. The van der Waals surface area contributed by atoms with Crippen molar-refractivity contribution in [2.24, 2.45) is 0 Å². The highest BCUT2D eigenvalue weighted by Gasteiger charge is 2.12. The summed E-state index contributed by atoms with van der Waals surface area (Å²) in [7, 11) is 1.58. The highest BCUT2D eigenvalue weighted by molar-refractivity contribution is 6.03. The fraction of sp³-hybridized carbons (Fsp3) is 0.227. The van der Waals surface area contributed by atoms with Gasteiger partial charge in [-0.15, -0.1) is 0 Å². The minimum atomic E-state index is -0.583. The van der Waals surface area contributed by atoms with Gasteiger partial charge in [0.15, 0.2) is 0 Å². The van der Waals surface area contributed by atoms with Gasteiger partial charge in [0.25, 0.3) is 5.91 Å². The molecule has 0 aliphatic rings. The number of amides is 1. The number of rotatable bonds is 7. The van der Waals surface area contributed by atoms with Gasteiger partial charge in [-0.05, 0) is 68.4 Å². The molecule has 0 bridgehead atoms. The highest BCUT2D eigenvalue weighted by atomic mass is 16.5. The SMILES string of the molecule is CCN(CC)c1ccc(NC(=O)c2cc(-c3ccc(OC)cc3)nc(=O)[nH]2)cc1. The number of hydrogen-bond donors (Lipinski definition) is 2. The van der Waals surface area contributed by atoms with E-state index in [1.54, 1.807) is 37.4 Å². The number of carbonyl (C=O) groups is 1. The molecule has 1 amide bonds. The van der Waals surface area contributed by atoms with Crippen LogP contribution in [0.2, 0.25) is 0 Å². The highest BCUT2D eigenvalue weighted by Crippen LogP contribution is 2.21. The average Bonchev–Trinajstić information content (AvgIpc) is 2.75. The second-order valence-corrected chi connectivity index (χ2v) is 6.39. The molecule has 2 aromatic carbocycles. The van der Waals surface area contributed by atoms with Crippen LogP contribution < -0.4 is 20.6 Å². The van der Waals surface area contributed by atoms with Crippen molar-refractivity contribution in [3.63, 3.8) is 0 Å². The molecule has 1 aromatic heterocycles. The molecule has 0 unspecified atom stereocenters. The second-order valence-electron chi connectivity index (χ2n) is 6.39. The van der Waals surface area contributed by atoms with Crippen LogP contribution in [0.5, 0.6) is 5.75 Å². The van der Waals surface area contributed by atoms with Crippen molar-refractivity contribution in [1.82, 2.24) is 9.97 Å². The summed E-state index contributed by atoms with van der Waals surface area (Å²) in [6.45, 7) is 6.02. The molecule has 2 N–H and O–H groups in total. The third kappa shape index (κ3) is 4.82. The number of aromatic amines is 1. The normalized spacial score (nSPS) is 10.4. The van der Waals surface area contributed by atoms with Crippen LogP contribution in [-0.2, 0) is 0 Å². The van der Waals surface area contributed by atoms with Crippen molar-refractivity contribution < 1.29 is 9.53 Å². The molecule has 7 heteroatoms. The van der Waals surface area contributed by atoms with Gasteiger partial charge in [-0.25, -0.2) is 4.79 Å². The van der Waals surface area contributed by atoms with Gasteiger partial charge in [0.05, 0.1) is 12.8 Å². The first-order valence-electron chi connectivity index (χ1n) is 9.46. The van der Waals surface area contributed by atoms with Crippen LogP contribution >= 0.6 is 0 Å². The molecular formula is C22H24N4O3. The summed E-state index contributed by atoms with van der Waals surface area (Å²) in [5, 5.41) is 2.81. The Kier molecular flexibility index (Phi) is 6.29. The lowest BCUT2D eigenvalue weighted by molar-refractivity contribution is 0.102. The lowest BCUT2D eigenvalue weighted by Gasteiger charge is -2.21. The van der Waals surface area contributed by atoms with Gasteiger partial charge in [0.1, 0.15) is 11.4 Å². The Morgan fingerprint density at radius 1 is 1.07 bits per heavy atom. The largest absolute Gasteiger partial charge is 0.497 e. The summed E-state index contributed by atoms with van der Waals surface area (Å²) in [6, 6.07) is 16.3. The van der Waals surface area contributed by atoms with Crippen LogP contribution in [0.1, 0.15) is 24.3 Å². The standard InChI is InChI=1S/C22H24N4O3/c1-4-26(5-2)17-10-8-16(9-11-17)23-21(27)20-14-19(24-22(28)25-20)15-6-12-18(29-3)13-7-15/h6-14H,4-5H2,1-3H3,(H,23,27)(H,24,25,28). The van der Waals surface area contributed by atoms with Crippen molar-refractivity contribution in [2.45, 2.75) is 13.8 Å². The lowest BCUT2D eigenvalue weighted by atomic mass is 10.1. The topological polar surface area (TPSA) is 87.3 Å². The molecule has 3 aromatic rings. The fourth-order valence-corrected chi connectivity index (χ4v) is 3.03. The van der Waals surface area contributed by atoms with E-state index in [-0.39, 0.29) is 5.69 Å². The number of aromatic nitrogens is 2. The summed E-state index contributed by atoms with van der Waals surface area (Å²) in [5.74, 6) is 0.291. The molecule has 0 aliphatic carbocycles. The summed E-state index contributed by atoms with van der Waals surface area (Å²) in [4.78, 5) is 33.3. The number of nitrogens with zero attached hydrogens (tertiary/aromatic N) is 2. The van der Waals surface area contributed by atoms with E-state index in [0.29, 0.717) is 17.1 Å². The predicted molar refractivity (Wildman–Crippen MR) is 115 cm³/mol. The minimum absolute atomic E-state index is 0.142. The minimum Gasteiger partial charge on any atom is -0.497 e. The Morgan fingerprint density at radius 3 is 2.31 bits per heavy atom. The fourth-order valence-electron chi connectivity index (χ4n) is 3.03. The van der Waals surface area contributed by atoms with E-state index >= 15 is 0 Å². The smallest absolute Gasteiger partial charge is 0.346 e. The Bertz CT molecular complexity index is 1020. The van der Waals surface area contributed by atoms with Crippen molar-refractivity contribution in [3.8, 4) is 17.0 Å². The molecule has 3 rings (SSSR count). The van der Waals surface area contributed by atoms with Crippen molar-refractivity contribution in [2.75, 3.05) is 30.4 Å². The van der Waals surface area contributed by atoms with Gasteiger partial charge in [-0.3, -0.25) is 4.79 Å². The van der Waals surface area contributed by atoms with Crippen molar-refractivity contribution in [3.05, 3.63) is 70.8 Å². The monoisotopic (exact) mass is 392 g/mol. The Hall–Kier alpha value is -3.61. The van der Waals surface area contributed by atoms with E-state index in [4.69, 9.17) is 4.74 Å². The van der Waals surface area contributed by atoms with Gasteiger partial charge >= 0.3 is 5.69 Å². The zero-order valence-corrected chi connectivity index (χ0v) is 16.7. The van der Waals surface area contributed by atoms with Gasteiger partial charge in [-0.2, -0.15) is 4.98 Å². The molecule has 0 radical (unpaired) electrons. The molecule has 0 atom stereocenters. The van der Waals surface area contributed by atoms with Crippen LogP contribution in [0.3, 0.4) is 0 Å². The summed E-state index contributed by atoms with van der Waals surface area (Å²) >= 11 is 0. The molecule has 0 fully saturated rings. The Balaban J connectivity index is 1.80. The van der Waals surface area contributed by atoms with Crippen LogP contribution in [0, 0.1) is 0 Å². The zero-order chi connectivity index (χ0) is 20.8. The maximum atomic E-state index is 12.6. The van der Waals surface area contributed by atoms with E-state index in [1.807, 2.05) is 24.3 Å². The maximum Gasteiger partial charge on any atom is 0.346 e. The van der Waals surface area contributed by atoms with Gasteiger partial charge in [0, 0.05) is 30.0 Å². The van der Waals surface area contributed by atoms with Crippen LogP contribution in [0.25, 0.3) is 11.3 Å². The van der Waals surface area contributed by atoms with E-state index in [1.165, 1.54) is 0 Å². The number of methoxy groups -OCH3 is 1. The number of carbonyl (C=O) groups excluding carboxylic acids is 1. The van der Waals surface area contributed by atoms with Gasteiger partial charge in [0.2, 0.25) is 0 Å². The van der Waals surface area contributed by atoms with Crippen LogP contribution in [0.4, 0.5) is 11.4 Å². The quantitative estimate of drug-likeness (QED) is 0.642. The number of H-pyrrole nitrogens is 1. The molecule has 1 heterocycles. The maximum absolute atomic E-state index is 12.6. The summed E-state index contributed by atoms with van der Waals surface area (Å²) in [5.41, 5.74) is 2.43. The number of nitrogens with one attached hydrogen (secondary N) is 2. The van der Waals surface area contributed by atoms with E-state index < -0.39 is 11.6 Å². The van der Waals surface area contributed by atoms with E-state index in [2.05, 4.69) is 34.0 Å². The second kappa shape index (κ2) is 9.05.